The van der Waals surface area contributed by atoms with Gasteiger partial charge in [0.15, 0.2) is 0 Å². The molecule has 0 fully saturated rings. The minimum Gasteiger partial charge on any atom is -0.244 e. The van der Waals surface area contributed by atoms with Gasteiger partial charge in [0.05, 0.1) is 5.57 Å². The van der Waals surface area contributed by atoms with Gasteiger partial charge >= 0.3 is 0 Å². The quantitative estimate of drug-likeness (QED) is 0.328. The average Bonchev–Trinajstić information content (AvgIpc) is 1.83. The largest absolute Gasteiger partial charge is 0.244 e. The van der Waals surface area contributed by atoms with Crippen molar-refractivity contribution in [1.82, 2.24) is 0 Å². The summed E-state index contributed by atoms with van der Waals surface area (Å²) >= 11 is 5.24. The molecule has 2 nitrogen and oxygen atoms in total. The second-order valence-electron chi connectivity index (χ2n) is 1.27. The van der Waals surface area contributed by atoms with Gasteiger partial charge in [-0.25, -0.2) is 4.99 Å². The second-order valence-corrected chi connectivity index (χ2v) is 1.71. The third-order valence-electron chi connectivity index (χ3n) is 0.504. The van der Waals surface area contributed by atoms with Gasteiger partial charge in [0.25, 0.3) is 0 Å². The predicted molar refractivity (Wildman–Crippen MR) is 38.2 cm³/mol. The minimum absolute atomic E-state index is 0.145. The van der Waals surface area contributed by atoms with Crippen molar-refractivity contribution in [3.8, 4) is 6.07 Å². The fourth-order valence-corrected chi connectivity index (χ4v) is 0.226. The van der Waals surface area contributed by atoms with E-state index in [0.29, 0.717) is 0 Å². The van der Waals surface area contributed by atoms with Crippen LogP contribution >= 0.6 is 11.6 Å². The van der Waals surface area contributed by atoms with Crippen LogP contribution in [-0.2, 0) is 0 Å². The molecule has 0 aliphatic rings. The van der Waals surface area contributed by atoms with Crippen molar-refractivity contribution in [3.63, 3.8) is 0 Å². The monoisotopic (exact) mass is 140 g/mol. The van der Waals surface area contributed by atoms with E-state index in [1.165, 1.54) is 6.21 Å². The highest BCUT2D eigenvalue weighted by Crippen LogP contribution is 1.96. The fourth-order valence-electron chi connectivity index (χ4n) is 0.177. The SMILES string of the molecule is C=C(C#N)/C=N\C(=C)Cl. The second kappa shape index (κ2) is 3.88. The molecule has 0 saturated heterocycles. The van der Waals surface area contributed by atoms with Gasteiger partial charge in [-0.15, -0.1) is 0 Å². The van der Waals surface area contributed by atoms with Gasteiger partial charge in [-0.3, -0.25) is 0 Å². The molecular weight excluding hydrogens is 136 g/mol. The summed E-state index contributed by atoms with van der Waals surface area (Å²) in [5, 5.41) is 8.28. The van der Waals surface area contributed by atoms with Crippen LogP contribution in [0.3, 0.4) is 0 Å². The first kappa shape index (κ1) is 7.93. The number of aliphatic imine (C=N–C) groups is 1. The molecule has 0 rings (SSSR count). The summed E-state index contributed by atoms with van der Waals surface area (Å²) in [5.41, 5.74) is 0.261. The van der Waals surface area contributed by atoms with Gasteiger partial charge in [-0.2, -0.15) is 5.26 Å². The van der Waals surface area contributed by atoms with E-state index in [0.717, 1.165) is 0 Å². The molecule has 46 valence electrons. The van der Waals surface area contributed by atoms with Crippen molar-refractivity contribution in [1.29, 1.82) is 5.26 Å². The summed E-state index contributed by atoms with van der Waals surface area (Å²) in [7, 11) is 0. The highest BCUT2D eigenvalue weighted by atomic mass is 35.5. The van der Waals surface area contributed by atoms with Crippen LogP contribution in [0, 0.1) is 11.3 Å². The molecule has 0 aromatic carbocycles. The molecule has 0 atom stereocenters. The van der Waals surface area contributed by atoms with E-state index in [9.17, 15) is 0 Å². The summed E-state index contributed by atoms with van der Waals surface area (Å²) in [6, 6.07) is 1.78. The highest BCUT2D eigenvalue weighted by Gasteiger charge is 1.81. The Morgan fingerprint density at radius 1 is 1.67 bits per heavy atom. The van der Waals surface area contributed by atoms with Crippen molar-refractivity contribution in [2.24, 2.45) is 4.99 Å². The third-order valence-corrected chi connectivity index (χ3v) is 0.602. The maximum Gasteiger partial charge on any atom is 0.121 e. The molecule has 0 unspecified atom stereocenters. The Morgan fingerprint density at radius 2 is 2.22 bits per heavy atom. The molecule has 0 N–H and O–H groups in total. The number of allylic oxidation sites excluding steroid dienone is 1. The first-order chi connectivity index (χ1) is 4.16. The van der Waals surface area contributed by atoms with Crippen molar-refractivity contribution in [3.05, 3.63) is 23.9 Å². The zero-order valence-electron chi connectivity index (χ0n) is 4.76. The van der Waals surface area contributed by atoms with Gasteiger partial charge in [-0.05, 0) is 0 Å². The van der Waals surface area contributed by atoms with Gasteiger partial charge in [-0.1, -0.05) is 24.8 Å². The Bertz CT molecular complexity index is 198. The number of halogens is 1. The molecule has 0 aliphatic carbocycles. The molecule has 0 heterocycles. The molecule has 0 bridgehead atoms. The summed E-state index contributed by atoms with van der Waals surface area (Å²) in [6.07, 6.45) is 1.26. The Kier molecular flexibility index (Phi) is 3.41. The Balaban J connectivity index is 3.90. The first-order valence-electron chi connectivity index (χ1n) is 2.14. The molecule has 3 heteroatoms. The number of hydrogen-bond donors (Lipinski definition) is 0. The lowest BCUT2D eigenvalue weighted by atomic mass is 10.4. The van der Waals surface area contributed by atoms with Crippen LogP contribution in [0.15, 0.2) is 28.9 Å². The third kappa shape index (κ3) is 4.79. The van der Waals surface area contributed by atoms with E-state index in [1.54, 1.807) is 6.07 Å². The van der Waals surface area contributed by atoms with Crippen molar-refractivity contribution in [2.45, 2.75) is 0 Å². The molecular formula is C6H5ClN2. The van der Waals surface area contributed by atoms with Crippen LogP contribution in [0.5, 0.6) is 0 Å². The van der Waals surface area contributed by atoms with Gasteiger partial charge in [0.1, 0.15) is 11.2 Å². The molecule has 0 aliphatic heterocycles. The Morgan fingerprint density at radius 3 is 2.56 bits per heavy atom. The lowest BCUT2D eigenvalue weighted by molar-refractivity contribution is 1.51. The van der Waals surface area contributed by atoms with E-state index in [-0.39, 0.29) is 10.7 Å². The highest BCUT2D eigenvalue weighted by molar-refractivity contribution is 6.29. The van der Waals surface area contributed by atoms with Crippen LogP contribution in [0.25, 0.3) is 0 Å². The van der Waals surface area contributed by atoms with Crippen LogP contribution in [0.4, 0.5) is 0 Å². The zero-order chi connectivity index (χ0) is 7.28. The van der Waals surface area contributed by atoms with Gasteiger partial charge in [0.2, 0.25) is 0 Å². The minimum atomic E-state index is 0.145. The molecule has 0 aromatic rings. The normalized spacial score (nSPS) is 8.89. The van der Waals surface area contributed by atoms with Crippen LogP contribution in [0.2, 0.25) is 0 Å². The van der Waals surface area contributed by atoms with E-state index in [2.05, 4.69) is 18.2 Å². The first-order valence-corrected chi connectivity index (χ1v) is 2.52. The molecule has 0 saturated carbocycles. The number of nitrogens with zero attached hydrogens (tertiary/aromatic N) is 2. The average molecular weight is 141 g/mol. The van der Waals surface area contributed by atoms with E-state index < -0.39 is 0 Å². The van der Waals surface area contributed by atoms with Crippen LogP contribution < -0.4 is 0 Å². The maximum absolute atomic E-state index is 8.13. The fraction of sp³-hybridized carbons (Fsp3) is 0. The van der Waals surface area contributed by atoms with Crippen molar-refractivity contribution in [2.75, 3.05) is 0 Å². The number of hydrogen-bond acceptors (Lipinski definition) is 2. The van der Waals surface area contributed by atoms with Crippen molar-refractivity contribution < 1.29 is 0 Å². The summed E-state index contributed by atoms with van der Waals surface area (Å²) in [6.45, 7) is 6.61. The molecule has 9 heavy (non-hydrogen) atoms. The van der Waals surface area contributed by atoms with E-state index in [4.69, 9.17) is 16.9 Å². The zero-order valence-corrected chi connectivity index (χ0v) is 5.52. The predicted octanol–water partition coefficient (Wildman–Crippen LogP) is 1.85. The molecule has 0 amide bonds. The summed E-state index contributed by atoms with van der Waals surface area (Å²) in [5.74, 6) is 0. The van der Waals surface area contributed by atoms with Crippen LogP contribution in [-0.4, -0.2) is 6.21 Å². The van der Waals surface area contributed by atoms with Crippen molar-refractivity contribution >= 4 is 17.8 Å². The topological polar surface area (TPSA) is 36.1 Å². The van der Waals surface area contributed by atoms with E-state index >= 15 is 0 Å². The van der Waals surface area contributed by atoms with E-state index in [1.807, 2.05) is 0 Å². The molecule has 0 radical (unpaired) electrons. The summed E-state index contributed by atoms with van der Waals surface area (Å²) in [4.78, 5) is 3.52. The van der Waals surface area contributed by atoms with Crippen LogP contribution in [0.1, 0.15) is 0 Å². The smallest absolute Gasteiger partial charge is 0.121 e. The van der Waals surface area contributed by atoms with Gasteiger partial charge < -0.3 is 0 Å². The Labute approximate surface area is 58.8 Å². The lowest BCUT2D eigenvalue weighted by Crippen LogP contribution is -1.74. The number of rotatable bonds is 2. The Hall–Kier alpha value is -1.07. The molecule has 0 spiro atoms. The lowest BCUT2D eigenvalue weighted by Gasteiger charge is -1.80. The number of nitriles is 1. The molecule has 0 aromatic heterocycles. The standard InChI is InChI=1S/C6H5ClN2/c1-5(3-8)4-9-6(2)7/h4H,1-2H2/b9-4-. The summed E-state index contributed by atoms with van der Waals surface area (Å²) < 4.78 is 0. The van der Waals surface area contributed by atoms with Gasteiger partial charge in [0, 0.05) is 6.21 Å². The maximum atomic E-state index is 8.13.